The number of ether oxygens (including phenoxy) is 2. The van der Waals surface area contributed by atoms with Gasteiger partial charge in [-0.15, -0.1) is 0 Å². The lowest BCUT2D eigenvalue weighted by molar-refractivity contribution is -0.141. The van der Waals surface area contributed by atoms with E-state index in [2.05, 4.69) is 10.4 Å². The normalized spacial score (nSPS) is 11.4. The van der Waals surface area contributed by atoms with Gasteiger partial charge in [-0.2, -0.15) is 5.10 Å². The number of amides is 1. The van der Waals surface area contributed by atoms with Gasteiger partial charge < -0.3 is 14.8 Å². The Morgan fingerprint density at radius 2 is 1.75 bits per heavy atom. The van der Waals surface area contributed by atoms with Crippen LogP contribution in [-0.4, -0.2) is 35.4 Å². The van der Waals surface area contributed by atoms with Crippen molar-refractivity contribution in [2.45, 2.75) is 25.9 Å². The number of hydrogen-bond acceptors (Lipinski definition) is 6. The first-order valence-electron chi connectivity index (χ1n) is 10.2. The number of carbonyl (C=O) groups excluding carboxylic acids is 2. The summed E-state index contributed by atoms with van der Waals surface area (Å²) < 4.78 is 11.5. The number of nitrogens with one attached hydrogen (secondary N) is 1. The number of aryl methyl sites for hydroxylation is 1. The Balaban J connectivity index is 1.71. The van der Waals surface area contributed by atoms with Gasteiger partial charge in [0.25, 0.3) is 11.5 Å². The number of benzene rings is 2. The second-order valence-electron chi connectivity index (χ2n) is 7.16. The fourth-order valence-corrected chi connectivity index (χ4v) is 3.03. The third-order valence-electron chi connectivity index (χ3n) is 4.80. The minimum atomic E-state index is -0.598. The Hall–Kier alpha value is -3.94. The average Bonchev–Trinajstić information content (AvgIpc) is 2.81. The van der Waals surface area contributed by atoms with Crippen molar-refractivity contribution >= 4 is 11.9 Å². The Bertz CT molecular complexity index is 1110. The van der Waals surface area contributed by atoms with Crippen molar-refractivity contribution in [1.29, 1.82) is 0 Å². The van der Waals surface area contributed by atoms with Crippen LogP contribution in [0.25, 0.3) is 0 Å². The maximum atomic E-state index is 12.9. The molecule has 1 N–H and O–H groups in total. The highest BCUT2D eigenvalue weighted by Gasteiger charge is 2.21. The maximum Gasteiger partial charge on any atom is 0.307 e. The van der Waals surface area contributed by atoms with Crippen LogP contribution in [-0.2, 0) is 16.1 Å². The predicted molar refractivity (Wildman–Crippen MR) is 118 cm³/mol. The van der Waals surface area contributed by atoms with Crippen LogP contribution in [0.2, 0.25) is 0 Å². The molecule has 32 heavy (non-hydrogen) atoms. The Labute approximate surface area is 185 Å². The van der Waals surface area contributed by atoms with Gasteiger partial charge in [0.2, 0.25) is 0 Å². The van der Waals surface area contributed by atoms with E-state index in [-0.39, 0.29) is 30.8 Å². The summed E-state index contributed by atoms with van der Waals surface area (Å²) in [5.41, 5.74) is 1.54. The first-order chi connectivity index (χ1) is 15.5. The molecule has 3 aromatic rings. The van der Waals surface area contributed by atoms with Crippen LogP contribution in [0, 0.1) is 6.92 Å². The monoisotopic (exact) mass is 435 g/mol. The summed E-state index contributed by atoms with van der Waals surface area (Å²) in [4.78, 5) is 36.9. The Morgan fingerprint density at radius 3 is 2.44 bits per heavy atom. The zero-order chi connectivity index (χ0) is 22.9. The summed E-state index contributed by atoms with van der Waals surface area (Å²) in [6.45, 7) is 2.35. The van der Waals surface area contributed by atoms with Crippen LogP contribution in [0.1, 0.15) is 34.1 Å². The minimum Gasteiger partial charge on any atom is -0.492 e. The standard InChI is InChI=1S/C24H25N3O5/c1-17-8-10-18(11-9-17)21(16-23(29)31-2)25-24(30)20-12-13-22(28)27(26-20)14-15-32-19-6-4-3-5-7-19/h3-13,21H,14-16H2,1-2H3,(H,25,30). The summed E-state index contributed by atoms with van der Waals surface area (Å²) in [5, 5.41) is 6.97. The van der Waals surface area contributed by atoms with Gasteiger partial charge in [0.05, 0.1) is 26.1 Å². The van der Waals surface area contributed by atoms with E-state index in [1.54, 1.807) is 0 Å². The van der Waals surface area contributed by atoms with Crippen molar-refractivity contribution < 1.29 is 19.1 Å². The van der Waals surface area contributed by atoms with E-state index < -0.39 is 17.9 Å². The average molecular weight is 435 g/mol. The van der Waals surface area contributed by atoms with E-state index in [0.29, 0.717) is 5.75 Å². The molecule has 0 fully saturated rings. The largest absolute Gasteiger partial charge is 0.492 e. The molecular weight excluding hydrogens is 410 g/mol. The topological polar surface area (TPSA) is 99.5 Å². The van der Waals surface area contributed by atoms with E-state index >= 15 is 0 Å². The quantitative estimate of drug-likeness (QED) is 0.519. The number of nitrogens with zero attached hydrogens (tertiary/aromatic N) is 2. The zero-order valence-electron chi connectivity index (χ0n) is 18.0. The molecule has 1 amide bonds. The first-order valence-corrected chi connectivity index (χ1v) is 10.2. The molecule has 0 aliphatic heterocycles. The Kier molecular flexibility index (Phi) is 7.75. The molecule has 0 spiro atoms. The highest BCUT2D eigenvalue weighted by molar-refractivity contribution is 5.92. The maximum absolute atomic E-state index is 12.9. The molecule has 0 bridgehead atoms. The van der Waals surface area contributed by atoms with Gasteiger partial charge in [0.15, 0.2) is 0 Å². The smallest absolute Gasteiger partial charge is 0.307 e. The first kappa shape index (κ1) is 22.7. The van der Waals surface area contributed by atoms with Crippen LogP contribution < -0.4 is 15.6 Å². The molecule has 1 heterocycles. The summed E-state index contributed by atoms with van der Waals surface area (Å²) in [5.74, 6) is -0.276. The molecule has 0 saturated carbocycles. The summed E-state index contributed by atoms with van der Waals surface area (Å²) in [6.07, 6.45) is -0.0319. The molecule has 0 radical (unpaired) electrons. The second kappa shape index (κ2) is 10.9. The highest BCUT2D eigenvalue weighted by atomic mass is 16.5. The molecule has 3 rings (SSSR count). The van der Waals surface area contributed by atoms with Crippen LogP contribution >= 0.6 is 0 Å². The second-order valence-corrected chi connectivity index (χ2v) is 7.16. The van der Waals surface area contributed by atoms with E-state index in [0.717, 1.165) is 11.1 Å². The fourth-order valence-electron chi connectivity index (χ4n) is 3.03. The number of carbonyl (C=O) groups is 2. The van der Waals surface area contributed by atoms with E-state index in [4.69, 9.17) is 9.47 Å². The fraction of sp³-hybridized carbons (Fsp3) is 0.250. The van der Waals surface area contributed by atoms with Gasteiger partial charge in [-0.1, -0.05) is 48.0 Å². The van der Waals surface area contributed by atoms with Crippen molar-refractivity contribution in [1.82, 2.24) is 15.1 Å². The van der Waals surface area contributed by atoms with E-state index in [9.17, 15) is 14.4 Å². The predicted octanol–water partition coefficient (Wildman–Crippen LogP) is 2.66. The van der Waals surface area contributed by atoms with Gasteiger partial charge in [-0.05, 0) is 30.7 Å². The third kappa shape index (κ3) is 6.28. The number of para-hydroxylation sites is 1. The number of rotatable bonds is 9. The van der Waals surface area contributed by atoms with Gasteiger partial charge >= 0.3 is 5.97 Å². The van der Waals surface area contributed by atoms with Gasteiger partial charge in [-0.3, -0.25) is 14.4 Å². The SMILES string of the molecule is COC(=O)CC(NC(=O)c1ccc(=O)n(CCOc2ccccc2)n1)c1ccc(C)cc1. The zero-order valence-corrected chi connectivity index (χ0v) is 18.0. The molecule has 1 aromatic heterocycles. The van der Waals surface area contributed by atoms with E-state index in [1.165, 1.54) is 23.9 Å². The Morgan fingerprint density at radius 1 is 1.03 bits per heavy atom. The van der Waals surface area contributed by atoms with Crippen LogP contribution in [0.5, 0.6) is 5.75 Å². The molecule has 1 unspecified atom stereocenters. The van der Waals surface area contributed by atoms with Crippen LogP contribution in [0.4, 0.5) is 0 Å². The molecule has 0 saturated heterocycles. The highest BCUT2D eigenvalue weighted by Crippen LogP contribution is 2.19. The van der Waals surface area contributed by atoms with Gasteiger partial charge in [-0.25, -0.2) is 4.68 Å². The summed E-state index contributed by atoms with van der Waals surface area (Å²) in [7, 11) is 1.30. The molecular formula is C24H25N3O5. The lowest BCUT2D eigenvalue weighted by Gasteiger charge is -2.18. The van der Waals surface area contributed by atoms with Crippen molar-refractivity contribution in [3.63, 3.8) is 0 Å². The number of hydrogen-bond donors (Lipinski definition) is 1. The molecule has 8 heteroatoms. The molecule has 1 atom stereocenters. The van der Waals surface area contributed by atoms with Crippen molar-refractivity contribution in [2.75, 3.05) is 13.7 Å². The van der Waals surface area contributed by atoms with Crippen molar-refractivity contribution in [2.24, 2.45) is 0 Å². The van der Waals surface area contributed by atoms with Crippen LogP contribution in [0.3, 0.4) is 0 Å². The van der Waals surface area contributed by atoms with E-state index in [1.807, 2.05) is 61.5 Å². The minimum absolute atomic E-state index is 0.0319. The number of esters is 1. The number of methoxy groups -OCH3 is 1. The molecule has 8 nitrogen and oxygen atoms in total. The molecule has 0 aliphatic rings. The molecule has 166 valence electrons. The lowest BCUT2D eigenvalue weighted by atomic mass is 10.0. The molecule has 0 aliphatic carbocycles. The van der Waals surface area contributed by atoms with Crippen LogP contribution in [0.15, 0.2) is 71.5 Å². The van der Waals surface area contributed by atoms with Gasteiger partial charge in [0, 0.05) is 6.07 Å². The lowest BCUT2D eigenvalue weighted by Crippen LogP contribution is -2.34. The summed E-state index contributed by atoms with van der Waals surface area (Å²) >= 11 is 0. The number of aromatic nitrogens is 2. The van der Waals surface area contributed by atoms with Gasteiger partial charge in [0.1, 0.15) is 18.1 Å². The van der Waals surface area contributed by atoms with Crippen molar-refractivity contribution in [3.8, 4) is 5.75 Å². The third-order valence-corrected chi connectivity index (χ3v) is 4.80. The summed E-state index contributed by atoms with van der Waals surface area (Å²) in [6, 6.07) is 18.7. The van der Waals surface area contributed by atoms with Crippen molar-refractivity contribution in [3.05, 3.63) is 93.9 Å². The molecule has 2 aromatic carbocycles.